The molecule has 1 saturated heterocycles. The van der Waals surface area contributed by atoms with Gasteiger partial charge in [-0.05, 0) is 31.2 Å². The fourth-order valence-electron chi connectivity index (χ4n) is 3.78. The Bertz CT molecular complexity index is 1080. The molecule has 1 aliphatic rings. The van der Waals surface area contributed by atoms with Crippen molar-refractivity contribution in [3.63, 3.8) is 0 Å². The maximum Gasteiger partial charge on any atom is 0.186 e. The Kier molecular flexibility index (Phi) is 6.72. The van der Waals surface area contributed by atoms with E-state index >= 15 is 0 Å². The summed E-state index contributed by atoms with van der Waals surface area (Å²) in [5, 5.41) is 33.1. The summed E-state index contributed by atoms with van der Waals surface area (Å²) >= 11 is 1.43. The van der Waals surface area contributed by atoms with Crippen molar-refractivity contribution in [2.75, 3.05) is 43.6 Å². The molecule has 4 N–H and O–H groups in total. The number of benzene rings is 1. The molecule has 0 spiro atoms. The second-order valence-corrected chi connectivity index (χ2v) is 8.71. The lowest BCUT2D eigenvalue weighted by molar-refractivity contribution is -0.00547. The van der Waals surface area contributed by atoms with Crippen molar-refractivity contribution < 1.29 is 24.4 Å². The third kappa shape index (κ3) is 4.62. The van der Waals surface area contributed by atoms with Gasteiger partial charge in [0.05, 0.1) is 23.9 Å². The number of aliphatic hydroxyl groups excluding tert-OH is 3. The van der Waals surface area contributed by atoms with Crippen molar-refractivity contribution in [3.8, 4) is 5.75 Å². The molecule has 4 rings (SSSR count). The van der Waals surface area contributed by atoms with Gasteiger partial charge >= 0.3 is 0 Å². The molecule has 0 bridgehead atoms. The van der Waals surface area contributed by atoms with Crippen LogP contribution in [0.4, 0.5) is 15.3 Å². The number of ether oxygens (including phenoxy) is 1. The Morgan fingerprint density at radius 1 is 1.31 bits per heavy atom. The first-order chi connectivity index (χ1) is 15.4. The number of nitrogens with zero attached hydrogens (tertiary/aromatic N) is 4. The first-order valence-electron chi connectivity index (χ1n) is 10.2. The minimum Gasteiger partial charge on any atom is -0.497 e. The molecule has 0 saturated carbocycles. The van der Waals surface area contributed by atoms with Crippen molar-refractivity contribution >= 4 is 32.5 Å². The van der Waals surface area contributed by atoms with Gasteiger partial charge in [0.1, 0.15) is 11.9 Å². The summed E-state index contributed by atoms with van der Waals surface area (Å²) in [4.78, 5) is 12.3. The van der Waals surface area contributed by atoms with E-state index in [9.17, 15) is 14.6 Å². The molecular formula is C21H26FN5O4S. The molecule has 9 nitrogen and oxygen atoms in total. The van der Waals surface area contributed by atoms with Crippen molar-refractivity contribution in [2.24, 2.45) is 0 Å². The van der Waals surface area contributed by atoms with Crippen molar-refractivity contribution in [1.29, 1.82) is 0 Å². The average Bonchev–Trinajstić information content (AvgIpc) is 3.19. The highest BCUT2D eigenvalue weighted by Crippen LogP contribution is 2.30. The van der Waals surface area contributed by atoms with Crippen LogP contribution in [0.5, 0.6) is 5.75 Å². The highest BCUT2D eigenvalue weighted by atomic mass is 32.1. The van der Waals surface area contributed by atoms with Crippen LogP contribution in [-0.2, 0) is 0 Å². The average molecular weight is 464 g/mol. The fraction of sp³-hybridized carbons (Fsp3) is 0.429. The van der Waals surface area contributed by atoms with E-state index in [0.717, 1.165) is 16.0 Å². The molecule has 32 heavy (non-hydrogen) atoms. The smallest absolute Gasteiger partial charge is 0.186 e. The molecule has 2 aromatic heterocycles. The van der Waals surface area contributed by atoms with Crippen LogP contribution in [0.3, 0.4) is 0 Å². The van der Waals surface area contributed by atoms with Gasteiger partial charge in [-0.2, -0.15) is 0 Å². The van der Waals surface area contributed by atoms with Gasteiger partial charge in [-0.1, -0.05) is 11.3 Å². The van der Waals surface area contributed by atoms with E-state index in [2.05, 4.69) is 15.3 Å². The Morgan fingerprint density at radius 3 is 2.81 bits per heavy atom. The van der Waals surface area contributed by atoms with Crippen molar-refractivity contribution in [1.82, 2.24) is 14.9 Å². The number of thiazole rings is 1. The highest BCUT2D eigenvalue weighted by molar-refractivity contribution is 7.22. The van der Waals surface area contributed by atoms with E-state index in [0.29, 0.717) is 24.8 Å². The molecule has 172 valence electrons. The molecule has 1 aliphatic heterocycles. The van der Waals surface area contributed by atoms with Crippen LogP contribution in [0.25, 0.3) is 10.2 Å². The maximum absolute atomic E-state index is 14.6. The monoisotopic (exact) mass is 463 g/mol. The zero-order valence-electron chi connectivity index (χ0n) is 17.8. The number of methoxy groups -OCH3 is 1. The van der Waals surface area contributed by atoms with Crippen LogP contribution >= 0.6 is 11.3 Å². The molecule has 3 aromatic rings. The minimum atomic E-state index is -1.16. The standard InChI is InChI=1S/C21H26FN5O4S/c1-12-10-26(19-15(22)7-13(9-23-19)17(29)11-28)5-6-27(12)21(30)25-20-24-16-4-3-14(31-2)8-18(16)32-20/h3-4,7-9,12,17,21,28-30H,5-6,10-11H2,1-2H3,(H,24,25)/t12-,17-,21?/m1/s1. The van der Waals surface area contributed by atoms with E-state index in [1.54, 1.807) is 7.11 Å². The van der Waals surface area contributed by atoms with E-state index in [-0.39, 0.29) is 17.4 Å². The molecule has 0 radical (unpaired) electrons. The second kappa shape index (κ2) is 9.51. The zero-order chi connectivity index (χ0) is 22.8. The number of anilines is 2. The van der Waals surface area contributed by atoms with Gasteiger partial charge in [-0.3, -0.25) is 4.90 Å². The Hall–Kier alpha value is -2.57. The zero-order valence-corrected chi connectivity index (χ0v) is 18.6. The quantitative estimate of drug-likeness (QED) is 0.389. The Balaban J connectivity index is 1.41. The highest BCUT2D eigenvalue weighted by Gasteiger charge is 2.30. The summed E-state index contributed by atoms with van der Waals surface area (Å²) in [6, 6.07) is 6.71. The van der Waals surface area contributed by atoms with Gasteiger partial charge in [0.2, 0.25) is 0 Å². The molecule has 3 heterocycles. The number of aromatic nitrogens is 2. The fourth-order valence-corrected chi connectivity index (χ4v) is 4.69. The van der Waals surface area contributed by atoms with E-state index in [1.165, 1.54) is 23.6 Å². The normalized spacial score (nSPS) is 19.2. The second-order valence-electron chi connectivity index (χ2n) is 7.68. The van der Waals surface area contributed by atoms with Gasteiger partial charge in [-0.25, -0.2) is 14.4 Å². The number of fused-ring (bicyclic) bond motifs is 1. The largest absolute Gasteiger partial charge is 0.497 e. The van der Waals surface area contributed by atoms with Crippen LogP contribution in [0.15, 0.2) is 30.5 Å². The number of hydrogen-bond acceptors (Lipinski definition) is 10. The summed E-state index contributed by atoms with van der Waals surface area (Å²) in [6.45, 7) is 2.86. The number of rotatable bonds is 7. The summed E-state index contributed by atoms with van der Waals surface area (Å²) in [5.41, 5.74) is 1.05. The molecule has 1 aromatic carbocycles. The lowest BCUT2D eigenvalue weighted by Gasteiger charge is -2.42. The summed E-state index contributed by atoms with van der Waals surface area (Å²) in [7, 11) is 1.61. The van der Waals surface area contributed by atoms with Crippen molar-refractivity contribution in [2.45, 2.75) is 25.4 Å². The summed E-state index contributed by atoms with van der Waals surface area (Å²) < 4.78 is 20.8. The van der Waals surface area contributed by atoms with Gasteiger partial charge in [0, 0.05) is 37.4 Å². The van der Waals surface area contributed by atoms with Crippen LogP contribution in [-0.4, -0.2) is 75.9 Å². The summed E-state index contributed by atoms with van der Waals surface area (Å²) in [5.74, 6) is 0.380. The molecular weight excluding hydrogens is 437 g/mol. The molecule has 0 aliphatic carbocycles. The van der Waals surface area contributed by atoms with Gasteiger partial charge in [-0.15, -0.1) is 0 Å². The number of pyridine rings is 1. The first kappa shape index (κ1) is 22.6. The number of nitrogens with one attached hydrogen (secondary N) is 1. The van der Waals surface area contributed by atoms with Gasteiger partial charge in [0.25, 0.3) is 0 Å². The lowest BCUT2D eigenvalue weighted by atomic mass is 10.1. The number of aliphatic hydroxyl groups is 3. The van der Waals surface area contributed by atoms with Gasteiger partial charge < -0.3 is 30.3 Å². The minimum absolute atomic E-state index is 0.0929. The van der Waals surface area contributed by atoms with Crippen LogP contribution in [0.1, 0.15) is 18.6 Å². The van der Waals surface area contributed by atoms with E-state index < -0.39 is 24.9 Å². The van der Waals surface area contributed by atoms with Crippen LogP contribution < -0.4 is 15.0 Å². The molecule has 1 fully saturated rings. The van der Waals surface area contributed by atoms with Crippen LogP contribution in [0.2, 0.25) is 0 Å². The number of piperazine rings is 1. The predicted octanol–water partition coefficient (Wildman–Crippen LogP) is 1.76. The SMILES string of the molecule is COc1ccc2nc(NC(O)N3CCN(c4ncc([C@H](O)CO)cc4F)C[C@H]3C)sc2c1. The molecule has 3 atom stereocenters. The van der Waals surface area contributed by atoms with Crippen molar-refractivity contribution in [3.05, 3.63) is 41.8 Å². The topological polar surface area (TPSA) is 114 Å². The third-order valence-corrected chi connectivity index (χ3v) is 6.49. The lowest BCUT2D eigenvalue weighted by Crippen LogP contribution is -2.57. The Morgan fingerprint density at radius 2 is 2.12 bits per heavy atom. The number of hydrogen-bond donors (Lipinski definition) is 4. The van der Waals surface area contributed by atoms with E-state index in [4.69, 9.17) is 9.84 Å². The predicted molar refractivity (Wildman–Crippen MR) is 120 cm³/mol. The maximum atomic E-state index is 14.6. The summed E-state index contributed by atoms with van der Waals surface area (Å²) in [6.07, 6.45) is -0.740. The van der Waals surface area contributed by atoms with E-state index in [1.807, 2.05) is 34.9 Å². The molecule has 11 heteroatoms. The van der Waals surface area contributed by atoms with Gasteiger partial charge in [0.15, 0.2) is 23.1 Å². The molecule has 0 amide bonds. The third-order valence-electron chi connectivity index (χ3n) is 5.54. The number of halogens is 1. The Labute approximate surface area is 188 Å². The molecule has 1 unspecified atom stereocenters. The first-order valence-corrected chi connectivity index (χ1v) is 11.1. The van der Waals surface area contributed by atoms with Crippen LogP contribution in [0, 0.1) is 5.82 Å².